The van der Waals surface area contributed by atoms with Crippen molar-refractivity contribution in [1.82, 2.24) is 14.5 Å². The smallest absolute Gasteiger partial charge is 0.165 e. The predicted molar refractivity (Wildman–Crippen MR) is 77.4 cm³/mol. The van der Waals surface area contributed by atoms with E-state index in [-0.39, 0.29) is 17.0 Å². The Bertz CT molecular complexity index is 773. The van der Waals surface area contributed by atoms with Crippen molar-refractivity contribution in [3.8, 4) is 6.07 Å². The zero-order chi connectivity index (χ0) is 16.0. The maximum absolute atomic E-state index is 10.2. The molecule has 0 unspecified atom stereocenters. The molecule has 1 aliphatic heterocycles. The van der Waals surface area contributed by atoms with Crippen molar-refractivity contribution in [2.24, 2.45) is 0 Å². The van der Waals surface area contributed by atoms with E-state index in [1.165, 1.54) is 10.9 Å². The van der Waals surface area contributed by atoms with Crippen LogP contribution in [0.25, 0.3) is 11.0 Å². The molecule has 9 nitrogen and oxygen atoms in total. The second-order valence-corrected chi connectivity index (χ2v) is 5.59. The molecule has 0 radical (unpaired) electrons. The van der Waals surface area contributed by atoms with Gasteiger partial charge in [-0.3, -0.25) is 4.57 Å². The number of nitriles is 1. The molecule has 1 aliphatic rings. The lowest BCUT2D eigenvalue weighted by Gasteiger charge is -2.18. The minimum Gasteiger partial charge on any atom is -0.394 e. The normalized spacial score (nSPS) is 28.1. The summed E-state index contributed by atoms with van der Waals surface area (Å²) in [7, 11) is 0. The van der Waals surface area contributed by atoms with E-state index in [2.05, 4.69) is 25.9 Å². The first-order valence-electron chi connectivity index (χ1n) is 6.33. The van der Waals surface area contributed by atoms with Crippen LogP contribution in [0.3, 0.4) is 0 Å². The lowest BCUT2D eigenvalue weighted by Crippen LogP contribution is -2.33. The van der Waals surface area contributed by atoms with Crippen LogP contribution in [-0.4, -0.2) is 54.8 Å². The van der Waals surface area contributed by atoms with E-state index < -0.39 is 31.1 Å². The van der Waals surface area contributed by atoms with Gasteiger partial charge < -0.3 is 25.8 Å². The fourth-order valence-corrected chi connectivity index (χ4v) is 3.21. The molecule has 2 aromatic heterocycles. The summed E-state index contributed by atoms with van der Waals surface area (Å²) in [5.41, 5.74) is 6.28. The second kappa shape index (κ2) is 5.45. The number of halogens is 1. The van der Waals surface area contributed by atoms with Gasteiger partial charge in [0.15, 0.2) is 6.23 Å². The average Bonchev–Trinajstić information content (AvgIpc) is 2.95. The summed E-state index contributed by atoms with van der Waals surface area (Å²) in [6.07, 6.45) is -3.30. The highest BCUT2D eigenvalue weighted by atomic mass is 79.9. The Morgan fingerprint density at radius 2 is 2.14 bits per heavy atom. The zero-order valence-electron chi connectivity index (χ0n) is 11.1. The molecular weight excluding hydrogens is 358 g/mol. The Morgan fingerprint density at radius 3 is 2.73 bits per heavy atom. The number of fused-ring (bicyclic) bond motifs is 1. The Balaban J connectivity index is 2.23. The van der Waals surface area contributed by atoms with Crippen molar-refractivity contribution in [3.63, 3.8) is 0 Å². The van der Waals surface area contributed by atoms with Crippen LogP contribution >= 0.6 is 15.9 Å². The maximum Gasteiger partial charge on any atom is 0.165 e. The van der Waals surface area contributed by atoms with Gasteiger partial charge in [0.05, 0.1) is 17.6 Å². The Hall–Kier alpha value is -1.77. The maximum atomic E-state index is 10.2. The van der Waals surface area contributed by atoms with E-state index in [1.807, 2.05) is 6.07 Å². The molecule has 3 heterocycles. The zero-order valence-corrected chi connectivity index (χ0v) is 12.7. The van der Waals surface area contributed by atoms with Crippen molar-refractivity contribution in [3.05, 3.63) is 16.5 Å². The van der Waals surface area contributed by atoms with Gasteiger partial charge in [0, 0.05) is 0 Å². The summed E-state index contributed by atoms with van der Waals surface area (Å²) in [5, 5.41) is 38.9. The number of anilines is 1. The van der Waals surface area contributed by atoms with Crippen LogP contribution in [-0.2, 0) is 4.74 Å². The molecule has 2 aromatic rings. The van der Waals surface area contributed by atoms with Crippen LogP contribution in [0.2, 0.25) is 0 Å². The molecule has 0 aromatic carbocycles. The van der Waals surface area contributed by atoms with Gasteiger partial charge >= 0.3 is 0 Å². The quantitative estimate of drug-likeness (QED) is 0.540. The second-order valence-electron chi connectivity index (χ2n) is 4.83. The summed E-state index contributed by atoms with van der Waals surface area (Å²) in [5.74, 6) is 0.118. The van der Waals surface area contributed by atoms with Gasteiger partial charge in [0.25, 0.3) is 0 Å². The van der Waals surface area contributed by atoms with Gasteiger partial charge in [0.1, 0.15) is 46.8 Å². The van der Waals surface area contributed by atoms with E-state index in [1.54, 1.807) is 0 Å². The SMILES string of the molecule is N#Cc1c(Br)n([C@@H]2O[C@@H](CO)[C@@H](O)[C@@H]2O)c2ncnc(N)c12. The summed E-state index contributed by atoms with van der Waals surface area (Å²) in [4.78, 5) is 7.93. The van der Waals surface area contributed by atoms with Gasteiger partial charge in [-0.1, -0.05) is 0 Å². The number of nitrogens with two attached hydrogens (primary N) is 1. The Kier molecular flexibility index (Phi) is 3.75. The highest BCUT2D eigenvalue weighted by Crippen LogP contribution is 2.39. The summed E-state index contributed by atoms with van der Waals surface area (Å²) in [6, 6.07) is 2.00. The number of ether oxygens (including phenoxy) is 1. The molecule has 4 atom stereocenters. The fourth-order valence-electron chi connectivity index (χ4n) is 2.56. The molecule has 116 valence electrons. The highest BCUT2D eigenvalue weighted by molar-refractivity contribution is 9.10. The fraction of sp³-hybridized carbons (Fsp3) is 0.417. The number of rotatable bonds is 2. The van der Waals surface area contributed by atoms with E-state index in [0.717, 1.165) is 0 Å². The summed E-state index contributed by atoms with van der Waals surface area (Å²) < 4.78 is 7.19. The largest absolute Gasteiger partial charge is 0.394 e. The van der Waals surface area contributed by atoms with Crippen LogP contribution in [0.1, 0.15) is 11.8 Å². The van der Waals surface area contributed by atoms with Gasteiger partial charge in [0.2, 0.25) is 0 Å². The third kappa shape index (κ3) is 1.98. The molecule has 0 bridgehead atoms. The number of nitrogen functional groups attached to an aromatic ring is 1. The lowest BCUT2D eigenvalue weighted by atomic mass is 10.1. The number of aromatic nitrogens is 3. The van der Waals surface area contributed by atoms with Crippen molar-refractivity contribution in [1.29, 1.82) is 5.26 Å². The minimum absolute atomic E-state index is 0.118. The number of hydrogen-bond acceptors (Lipinski definition) is 8. The molecule has 10 heteroatoms. The van der Waals surface area contributed by atoms with Gasteiger partial charge in [-0.25, -0.2) is 9.97 Å². The number of aliphatic hydroxyl groups is 3. The average molecular weight is 370 g/mol. The lowest BCUT2D eigenvalue weighted by molar-refractivity contribution is -0.0518. The Labute approximate surface area is 132 Å². The minimum atomic E-state index is -1.30. The van der Waals surface area contributed by atoms with Crippen LogP contribution in [0.15, 0.2) is 10.9 Å². The molecule has 0 spiro atoms. The van der Waals surface area contributed by atoms with Crippen LogP contribution < -0.4 is 5.73 Å². The van der Waals surface area contributed by atoms with E-state index >= 15 is 0 Å². The highest BCUT2D eigenvalue weighted by Gasteiger charge is 2.45. The summed E-state index contributed by atoms with van der Waals surface area (Å²) in [6.45, 7) is -0.451. The molecule has 3 rings (SSSR count). The van der Waals surface area contributed by atoms with Gasteiger partial charge in [-0.15, -0.1) is 0 Å². The molecule has 0 amide bonds. The number of nitrogens with zero attached hydrogens (tertiary/aromatic N) is 4. The first kappa shape index (κ1) is 15.1. The monoisotopic (exact) mass is 369 g/mol. The number of aliphatic hydroxyl groups excluding tert-OH is 3. The molecular formula is C12H12BrN5O4. The molecule has 0 aliphatic carbocycles. The third-order valence-electron chi connectivity index (χ3n) is 3.64. The first-order valence-corrected chi connectivity index (χ1v) is 7.13. The standard InChI is InChI=1S/C12H12BrN5O4/c13-9-4(1-14)6-10(15)16-3-17-11(6)18(9)12-8(21)7(20)5(2-19)22-12/h3,5,7-8,12,19-21H,2H2,(H2,15,16,17)/t5-,7+,8-,12+/m0/s1. The molecule has 0 saturated carbocycles. The van der Waals surface area contributed by atoms with Crippen molar-refractivity contribution < 1.29 is 20.1 Å². The van der Waals surface area contributed by atoms with E-state index in [9.17, 15) is 20.6 Å². The molecule has 1 fully saturated rings. The van der Waals surface area contributed by atoms with Gasteiger partial charge in [-0.05, 0) is 15.9 Å². The van der Waals surface area contributed by atoms with E-state index in [4.69, 9.17) is 10.5 Å². The predicted octanol–water partition coefficient (Wildman–Crippen LogP) is -0.741. The number of hydrogen-bond donors (Lipinski definition) is 4. The first-order chi connectivity index (χ1) is 10.5. The van der Waals surface area contributed by atoms with E-state index in [0.29, 0.717) is 9.99 Å². The molecule has 1 saturated heterocycles. The molecule has 22 heavy (non-hydrogen) atoms. The van der Waals surface area contributed by atoms with Crippen LogP contribution in [0, 0.1) is 11.3 Å². The Morgan fingerprint density at radius 1 is 1.41 bits per heavy atom. The van der Waals surface area contributed by atoms with Crippen molar-refractivity contribution >= 4 is 32.8 Å². The van der Waals surface area contributed by atoms with Crippen molar-refractivity contribution in [2.75, 3.05) is 12.3 Å². The van der Waals surface area contributed by atoms with Crippen molar-refractivity contribution in [2.45, 2.75) is 24.5 Å². The molecule has 5 N–H and O–H groups in total. The van der Waals surface area contributed by atoms with Crippen LogP contribution in [0.4, 0.5) is 5.82 Å². The van der Waals surface area contributed by atoms with Gasteiger partial charge in [-0.2, -0.15) is 5.26 Å². The third-order valence-corrected chi connectivity index (χ3v) is 4.41. The summed E-state index contributed by atoms with van der Waals surface area (Å²) >= 11 is 3.27. The topological polar surface area (TPSA) is 150 Å². The van der Waals surface area contributed by atoms with Crippen LogP contribution in [0.5, 0.6) is 0 Å².